The lowest BCUT2D eigenvalue weighted by Crippen LogP contribution is -2.45. The van der Waals surface area contributed by atoms with Gasteiger partial charge in [-0.05, 0) is 57.0 Å². The number of benzene rings is 1. The van der Waals surface area contributed by atoms with Gasteiger partial charge in [0.05, 0.1) is 28.2 Å². The van der Waals surface area contributed by atoms with E-state index in [-0.39, 0.29) is 22.5 Å². The maximum absolute atomic E-state index is 15.3. The number of halogens is 1. The molecule has 1 aliphatic carbocycles. The summed E-state index contributed by atoms with van der Waals surface area (Å²) in [4.78, 5) is 15.5. The third-order valence-electron chi connectivity index (χ3n) is 6.38. The lowest BCUT2D eigenvalue weighted by molar-refractivity contribution is 0.0612. The van der Waals surface area contributed by atoms with E-state index in [1.807, 2.05) is 0 Å². The first-order valence-corrected chi connectivity index (χ1v) is 12.5. The summed E-state index contributed by atoms with van der Waals surface area (Å²) in [6, 6.07) is 9.96. The monoisotopic (exact) mass is 471 g/mol. The molecule has 1 saturated carbocycles. The Morgan fingerprint density at radius 2 is 2.03 bits per heavy atom. The predicted octanol–water partition coefficient (Wildman–Crippen LogP) is 4.17. The van der Waals surface area contributed by atoms with Gasteiger partial charge in [0.15, 0.2) is 15.7 Å². The summed E-state index contributed by atoms with van der Waals surface area (Å²) >= 11 is 0. The van der Waals surface area contributed by atoms with E-state index in [2.05, 4.69) is 21.5 Å². The number of hydrogen-bond donors (Lipinski definition) is 2. The van der Waals surface area contributed by atoms with Crippen LogP contribution in [0, 0.1) is 11.3 Å². The van der Waals surface area contributed by atoms with Gasteiger partial charge in [0.2, 0.25) is 0 Å². The fourth-order valence-electron chi connectivity index (χ4n) is 4.47. The first-order valence-electron chi connectivity index (χ1n) is 10.9. The van der Waals surface area contributed by atoms with Gasteiger partial charge >= 0.3 is 0 Å². The quantitative estimate of drug-likeness (QED) is 0.557. The van der Waals surface area contributed by atoms with Gasteiger partial charge < -0.3 is 10.3 Å². The first kappa shape index (κ1) is 23.0. The number of nitriles is 1. The molecule has 0 spiro atoms. The van der Waals surface area contributed by atoms with Crippen molar-refractivity contribution >= 4 is 32.2 Å². The van der Waals surface area contributed by atoms with E-state index in [0.717, 1.165) is 12.8 Å². The van der Waals surface area contributed by atoms with Crippen LogP contribution in [0.15, 0.2) is 46.2 Å². The lowest BCUT2D eigenvalue weighted by Gasteiger charge is -2.39. The van der Waals surface area contributed by atoms with E-state index in [9.17, 15) is 18.5 Å². The number of alkyl halides is 1. The van der Waals surface area contributed by atoms with Gasteiger partial charge in [0.1, 0.15) is 17.1 Å². The molecule has 1 aromatic carbocycles. The Balaban J connectivity index is 1.80. The number of rotatable bonds is 6. The summed E-state index contributed by atoms with van der Waals surface area (Å²) in [5, 5.41) is 16.8. The number of H-pyrrole nitrogens is 1. The molecule has 10 heteroatoms. The Labute approximate surface area is 191 Å². The van der Waals surface area contributed by atoms with Crippen LogP contribution >= 0.6 is 0 Å². The molecule has 174 valence electrons. The number of hydrogen-bond acceptors (Lipinski definition) is 6. The minimum atomic E-state index is -3.41. The fourth-order valence-corrected chi connectivity index (χ4v) is 5.53. The molecule has 1 fully saturated rings. The van der Waals surface area contributed by atoms with Gasteiger partial charge in [-0.2, -0.15) is 10.4 Å². The van der Waals surface area contributed by atoms with E-state index in [1.54, 1.807) is 32.0 Å². The summed E-state index contributed by atoms with van der Waals surface area (Å²) < 4.78 is 41.6. The van der Waals surface area contributed by atoms with Gasteiger partial charge in [0, 0.05) is 11.9 Å². The number of nitrogens with zero attached hydrogens (tertiary/aromatic N) is 3. The molecule has 3 aromatic rings. The second-order valence-corrected chi connectivity index (χ2v) is 11.2. The molecule has 0 radical (unpaired) electrons. The van der Waals surface area contributed by atoms with Crippen LogP contribution in [0.25, 0.3) is 10.9 Å². The number of aromatic amines is 1. The molecule has 2 heterocycles. The Morgan fingerprint density at radius 1 is 1.30 bits per heavy atom. The number of fused-ring (bicyclic) bond motifs is 1. The topological polar surface area (TPSA) is 121 Å². The third-order valence-corrected chi connectivity index (χ3v) is 8.55. The van der Waals surface area contributed by atoms with Crippen molar-refractivity contribution in [3.8, 4) is 6.07 Å². The highest BCUT2D eigenvalue weighted by atomic mass is 32.2. The standard InChI is InChI=1S/C23H26FN5O3S/c1-15(2)33(31,32)17-8-6-16(7-9-17)27-21-20-18(10-14-26-22(20)30)29(28-21)23(12-13-25)11-4-3-5-19(23)24/h6-10,14-15,19H,3-5,11-12H2,1-2H3,(H,26,30)(H,27,28). The van der Waals surface area contributed by atoms with Crippen LogP contribution in [-0.2, 0) is 15.4 Å². The smallest absolute Gasteiger partial charge is 0.261 e. The molecule has 2 aromatic heterocycles. The summed E-state index contributed by atoms with van der Waals surface area (Å²) in [5.74, 6) is 0.224. The number of aromatic nitrogens is 3. The normalized spacial score (nSPS) is 21.2. The average Bonchev–Trinajstić information content (AvgIpc) is 3.16. The maximum Gasteiger partial charge on any atom is 0.261 e. The molecule has 2 unspecified atom stereocenters. The molecular weight excluding hydrogens is 445 g/mol. The Kier molecular flexibility index (Phi) is 6.01. The number of sulfone groups is 1. The van der Waals surface area contributed by atoms with E-state index < -0.39 is 32.4 Å². The van der Waals surface area contributed by atoms with E-state index in [0.29, 0.717) is 24.0 Å². The van der Waals surface area contributed by atoms with E-state index in [4.69, 9.17) is 0 Å². The molecule has 33 heavy (non-hydrogen) atoms. The molecule has 8 nitrogen and oxygen atoms in total. The highest BCUT2D eigenvalue weighted by Crippen LogP contribution is 2.42. The number of pyridine rings is 1. The zero-order valence-electron chi connectivity index (χ0n) is 18.5. The zero-order chi connectivity index (χ0) is 23.8. The van der Waals surface area contributed by atoms with Crippen molar-refractivity contribution in [1.82, 2.24) is 14.8 Å². The van der Waals surface area contributed by atoms with Crippen molar-refractivity contribution < 1.29 is 12.8 Å². The summed E-state index contributed by atoms with van der Waals surface area (Å²) in [6.45, 7) is 3.24. The van der Waals surface area contributed by atoms with Crippen LogP contribution in [0.3, 0.4) is 0 Å². The minimum absolute atomic E-state index is 0.0566. The van der Waals surface area contributed by atoms with E-state index in [1.165, 1.54) is 23.0 Å². The highest BCUT2D eigenvalue weighted by Gasteiger charge is 2.45. The Morgan fingerprint density at radius 3 is 2.67 bits per heavy atom. The van der Waals surface area contributed by atoms with Crippen molar-refractivity contribution in [2.45, 2.75) is 67.8 Å². The van der Waals surface area contributed by atoms with Crippen molar-refractivity contribution in [1.29, 1.82) is 5.26 Å². The van der Waals surface area contributed by atoms with Crippen LogP contribution in [0.1, 0.15) is 46.0 Å². The van der Waals surface area contributed by atoms with Gasteiger partial charge in [-0.1, -0.05) is 12.8 Å². The van der Waals surface area contributed by atoms with Gasteiger partial charge in [-0.25, -0.2) is 12.8 Å². The molecular formula is C23H26FN5O3S. The van der Waals surface area contributed by atoms with Crippen LogP contribution in [-0.4, -0.2) is 34.6 Å². The molecule has 1 aliphatic rings. The molecule has 0 aliphatic heterocycles. The van der Waals surface area contributed by atoms with Gasteiger partial charge in [-0.15, -0.1) is 0 Å². The van der Waals surface area contributed by atoms with Crippen LogP contribution < -0.4 is 10.9 Å². The summed E-state index contributed by atoms with van der Waals surface area (Å²) in [7, 11) is -3.41. The zero-order valence-corrected chi connectivity index (χ0v) is 19.3. The molecule has 0 saturated heterocycles. The summed E-state index contributed by atoms with van der Waals surface area (Å²) in [5.41, 5.74) is -0.560. The second-order valence-electron chi connectivity index (χ2n) is 8.72. The largest absolute Gasteiger partial charge is 0.338 e. The van der Waals surface area contributed by atoms with Gasteiger partial charge in [0.25, 0.3) is 5.56 Å². The highest BCUT2D eigenvalue weighted by molar-refractivity contribution is 7.92. The lowest BCUT2D eigenvalue weighted by atomic mass is 9.78. The number of anilines is 2. The molecule has 2 atom stereocenters. The first-order chi connectivity index (χ1) is 15.7. The summed E-state index contributed by atoms with van der Waals surface area (Å²) in [6.07, 6.45) is 2.45. The Bertz CT molecular complexity index is 1370. The Hall–Kier alpha value is -3.19. The maximum atomic E-state index is 15.3. The third kappa shape index (κ3) is 3.91. The molecule has 0 amide bonds. The predicted molar refractivity (Wildman–Crippen MR) is 124 cm³/mol. The molecule has 4 rings (SSSR count). The minimum Gasteiger partial charge on any atom is -0.338 e. The van der Waals surface area contributed by atoms with Crippen LogP contribution in [0.4, 0.5) is 15.9 Å². The average molecular weight is 472 g/mol. The van der Waals surface area contributed by atoms with Crippen molar-refractivity contribution in [2.75, 3.05) is 5.32 Å². The molecule has 2 N–H and O–H groups in total. The van der Waals surface area contributed by atoms with E-state index >= 15 is 4.39 Å². The van der Waals surface area contributed by atoms with Crippen LogP contribution in [0.2, 0.25) is 0 Å². The van der Waals surface area contributed by atoms with Crippen molar-refractivity contribution in [3.05, 3.63) is 46.9 Å². The van der Waals surface area contributed by atoms with Gasteiger partial charge in [-0.3, -0.25) is 9.48 Å². The SMILES string of the molecule is CC(C)S(=O)(=O)c1ccc(Nc2nn(C3(CC#N)CCCCC3F)c3cc[nH]c(=O)c23)cc1. The second kappa shape index (κ2) is 8.63. The molecule has 0 bridgehead atoms. The van der Waals surface area contributed by atoms with Crippen molar-refractivity contribution in [3.63, 3.8) is 0 Å². The fraction of sp³-hybridized carbons (Fsp3) is 0.435. The number of nitrogens with one attached hydrogen (secondary N) is 2. The van der Waals surface area contributed by atoms with Crippen LogP contribution in [0.5, 0.6) is 0 Å². The van der Waals surface area contributed by atoms with Crippen molar-refractivity contribution in [2.24, 2.45) is 0 Å².